The Kier molecular flexibility index (Phi) is 4.85. The van der Waals surface area contributed by atoms with E-state index in [1.54, 1.807) is 4.90 Å². The van der Waals surface area contributed by atoms with Crippen LogP contribution in [0, 0.1) is 11.7 Å². The van der Waals surface area contributed by atoms with Gasteiger partial charge in [0.1, 0.15) is 5.82 Å². The summed E-state index contributed by atoms with van der Waals surface area (Å²) >= 11 is 5.96. The maximum Gasteiger partial charge on any atom is 0.255 e. The monoisotopic (exact) mass is 338 g/mol. The predicted octanol–water partition coefficient (Wildman–Crippen LogP) is 2.95. The van der Waals surface area contributed by atoms with E-state index in [1.807, 2.05) is 4.90 Å². The van der Waals surface area contributed by atoms with Crippen LogP contribution in [-0.4, -0.2) is 47.8 Å². The summed E-state index contributed by atoms with van der Waals surface area (Å²) < 4.78 is 13.1. The van der Waals surface area contributed by atoms with Gasteiger partial charge in [-0.1, -0.05) is 24.4 Å². The Hall–Kier alpha value is -1.62. The molecule has 0 aromatic heterocycles. The second-order valence-corrected chi connectivity index (χ2v) is 6.63. The highest BCUT2D eigenvalue weighted by Gasteiger charge is 2.31. The van der Waals surface area contributed by atoms with E-state index in [2.05, 4.69) is 0 Å². The van der Waals surface area contributed by atoms with Crippen LogP contribution in [0.5, 0.6) is 0 Å². The van der Waals surface area contributed by atoms with Gasteiger partial charge in [-0.15, -0.1) is 0 Å². The molecular formula is C17H20ClFN2O2. The van der Waals surface area contributed by atoms with E-state index in [4.69, 9.17) is 11.6 Å². The molecule has 2 fully saturated rings. The Labute approximate surface area is 140 Å². The van der Waals surface area contributed by atoms with Gasteiger partial charge in [0, 0.05) is 32.1 Å². The van der Waals surface area contributed by atoms with E-state index < -0.39 is 5.82 Å². The summed E-state index contributed by atoms with van der Waals surface area (Å²) in [4.78, 5) is 28.4. The molecule has 3 rings (SSSR count). The van der Waals surface area contributed by atoms with Crippen LogP contribution in [0.2, 0.25) is 5.02 Å². The number of carbonyl (C=O) groups is 2. The van der Waals surface area contributed by atoms with Crippen molar-refractivity contribution in [1.29, 1.82) is 0 Å². The first kappa shape index (κ1) is 16.2. The van der Waals surface area contributed by atoms with Gasteiger partial charge in [0.05, 0.1) is 10.6 Å². The topological polar surface area (TPSA) is 40.6 Å². The summed E-state index contributed by atoms with van der Waals surface area (Å²) in [6.07, 6.45) is 4.25. The first-order valence-electron chi connectivity index (χ1n) is 8.09. The van der Waals surface area contributed by atoms with Crippen molar-refractivity contribution in [1.82, 2.24) is 9.80 Å². The Morgan fingerprint density at radius 2 is 1.65 bits per heavy atom. The third-order valence-electron chi connectivity index (χ3n) is 4.74. The molecule has 0 N–H and O–H groups in total. The van der Waals surface area contributed by atoms with Crippen molar-refractivity contribution < 1.29 is 14.0 Å². The molecule has 1 aromatic carbocycles. The zero-order valence-electron chi connectivity index (χ0n) is 12.9. The molecule has 124 valence electrons. The highest BCUT2D eigenvalue weighted by Crippen LogP contribution is 2.27. The van der Waals surface area contributed by atoms with E-state index in [1.165, 1.54) is 12.1 Å². The zero-order chi connectivity index (χ0) is 16.4. The van der Waals surface area contributed by atoms with E-state index in [-0.39, 0.29) is 22.8 Å². The minimum absolute atomic E-state index is 0.125. The van der Waals surface area contributed by atoms with Gasteiger partial charge in [-0.25, -0.2) is 4.39 Å². The molecule has 1 aliphatic heterocycles. The Morgan fingerprint density at radius 1 is 1.04 bits per heavy atom. The quantitative estimate of drug-likeness (QED) is 0.832. The number of carbonyl (C=O) groups excluding carboxylic acids is 2. The van der Waals surface area contributed by atoms with Gasteiger partial charge in [-0.2, -0.15) is 0 Å². The van der Waals surface area contributed by atoms with Gasteiger partial charge in [0.15, 0.2) is 0 Å². The maximum absolute atomic E-state index is 13.1. The predicted molar refractivity (Wildman–Crippen MR) is 85.9 cm³/mol. The van der Waals surface area contributed by atoms with Gasteiger partial charge in [-0.05, 0) is 31.0 Å². The average molecular weight is 339 g/mol. The number of nitrogens with zero attached hydrogens (tertiary/aromatic N) is 2. The molecule has 4 nitrogen and oxygen atoms in total. The Balaban J connectivity index is 1.60. The van der Waals surface area contributed by atoms with Crippen molar-refractivity contribution >= 4 is 23.4 Å². The number of hydrogen-bond acceptors (Lipinski definition) is 2. The highest BCUT2D eigenvalue weighted by atomic mass is 35.5. The number of rotatable bonds is 2. The van der Waals surface area contributed by atoms with Crippen molar-refractivity contribution in [2.45, 2.75) is 25.7 Å². The molecule has 1 aliphatic carbocycles. The van der Waals surface area contributed by atoms with Crippen molar-refractivity contribution in [3.63, 3.8) is 0 Å². The van der Waals surface area contributed by atoms with E-state index >= 15 is 0 Å². The molecule has 23 heavy (non-hydrogen) atoms. The lowest BCUT2D eigenvalue weighted by Gasteiger charge is -2.36. The maximum atomic E-state index is 13.1. The highest BCUT2D eigenvalue weighted by molar-refractivity contribution is 6.33. The summed E-state index contributed by atoms with van der Waals surface area (Å²) in [7, 11) is 0. The van der Waals surface area contributed by atoms with Crippen LogP contribution in [0.3, 0.4) is 0 Å². The van der Waals surface area contributed by atoms with E-state index in [0.717, 1.165) is 31.7 Å². The molecule has 0 unspecified atom stereocenters. The fourth-order valence-corrected chi connectivity index (χ4v) is 3.64. The van der Waals surface area contributed by atoms with Crippen LogP contribution >= 0.6 is 11.6 Å². The second kappa shape index (κ2) is 6.87. The minimum Gasteiger partial charge on any atom is -0.339 e. The number of halogens is 2. The molecular weight excluding hydrogens is 319 g/mol. The zero-order valence-corrected chi connectivity index (χ0v) is 13.7. The van der Waals surface area contributed by atoms with Gasteiger partial charge < -0.3 is 9.80 Å². The molecule has 6 heteroatoms. The summed E-state index contributed by atoms with van der Waals surface area (Å²) in [5.74, 6) is -0.264. The lowest BCUT2D eigenvalue weighted by Crippen LogP contribution is -2.51. The SMILES string of the molecule is O=C(c1ccc(F)cc1Cl)N1CCN(C(=O)C2CCCC2)CC1. The van der Waals surface area contributed by atoms with Gasteiger partial charge in [-0.3, -0.25) is 9.59 Å². The van der Waals surface area contributed by atoms with Crippen LogP contribution in [0.1, 0.15) is 36.0 Å². The molecule has 0 bridgehead atoms. The number of benzene rings is 1. The summed E-state index contributed by atoms with van der Waals surface area (Å²) in [6.45, 7) is 2.09. The third-order valence-corrected chi connectivity index (χ3v) is 5.06. The Morgan fingerprint density at radius 3 is 2.26 bits per heavy atom. The average Bonchev–Trinajstić information content (AvgIpc) is 3.08. The van der Waals surface area contributed by atoms with Crippen molar-refractivity contribution in [3.8, 4) is 0 Å². The van der Waals surface area contributed by atoms with Crippen LogP contribution in [0.4, 0.5) is 4.39 Å². The standard InChI is InChI=1S/C17H20ClFN2O2/c18-15-11-13(19)5-6-14(15)17(23)21-9-7-20(8-10-21)16(22)12-3-1-2-4-12/h5-6,11-12H,1-4,7-10H2. The number of amides is 2. The fraction of sp³-hybridized carbons (Fsp3) is 0.529. The molecule has 2 aliphatic rings. The molecule has 0 atom stereocenters. The molecule has 2 amide bonds. The summed E-state index contributed by atoms with van der Waals surface area (Å²) in [6, 6.07) is 3.80. The lowest BCUT2D eigenvalue weighted by atomic mass is 10.1. The smallest absolute Gasteiger partial charge is 0.255 e. The largest absolute Gasteiger partial charge is 0.339 e. The molecule has 0 spiro atoms. The second-order valence-electron chi connectivity index (χ2n) is 6.22. The van der Waals surface area contributed by atoms with Crippen LogP contribution in [0.25, 0.3) is 0 Å². The van der Waals surface area contributed by atoms with Crippen molar-refractivity contribution in [3.05, 3.63) is 34.6 Å². The summed E-state index contributed by atoms with van der Waals surface area (Å²) in [5, 5.41) is 0.125. The van der Waals surface area contributed by atoms with Gasteiger partial charge >= 0.3 is 0 Å². The van der Waals surface area contributed by atoms with E-state index in [9.17, 15) is 14.0 Å². The normalized spacial score (nSPS) is 19.2. The van der Waals surface area contributed by atoms with Crippen LogP contribution in [-0.2, 0) is 4.79 Å². The first-order chi connectivity index (χ1) is 11.1. The minimum atomic E-state index is -0.460. The number of piperazine rings is 1. The lowest BCUT2D eigenvalue weighted by molar-refractivity contribution is -0.136. The molecule has 1 aromatic rings. The molecule has 1 saturated heterocycles. The first-order valence-corrected chi connectivity index (χ1v) is 8.47. The van der Waals surface area contributed by atoms with E-state index in [0.29, 0.717) is 31.7 Å². The van der Waals surface area contributed by atoms with Crippen molar-refractivity contribution in [2.24, 2.45) is 5.92 Å². The molecule has 1 saturated carbocycles. The van der Waals surface area contributed by atoms with Gasteiger partial charge in [0.2, 0.25) is 5.91 Å². The fourth-order valence-electron chi connectivity index (χ4n) is 3.39. The van der Waals surface area contributed by atoms with Gasteiger partial charge in [0.25, 0.3) is 5.91 Å². The van der Waals surface area contributed by atoms with Crippen LogP contribution < -0.4 is 0 Å². The number of hydrogen-bond donors (Lipinski definition) is 0. The Bertz CT molecular complexity index is 609. The summed E-state index contributed by atoms with van der Waals surface area (Å²) in [5.41, 5.74) is 0.309. The molecule has 0 radical (unpaired) electrons. The van der Waals surface area contributed by atoms with Crippen LogP contribution in [0.15, 0.2) is 18.2 Å². The van der Waals surface area contributed by atoms with Crippen molar-refractivity contribution in [2.75, 3.05) is 26.2 Å². The molecule has 1 heterocycles. The third kappa shape index (κ3) is 3.50.